The summed E-state index contributed by atoms with van der Waals surface area (Å²) in [5.74, 6) is -2.25. The third-order valence-electron chi connectivity index (χ3n) is 6.48. The predicted octanol–water partition coefficient (Wildman–Crippen LogP) is 6.76. The summed E-state index contributed by atoms with van der Waals surface area (Å²) in [5, 5.41) is 0.431. The highest BCUT2D eigenvalue weighted by atomic mass is 79.9. The Hall–Kier alpha value is -4.34. The molecule has 4 aromatic rings. The maximum atomic E-state index is 14.2. The van der Waals surface area contributed by atoms with Gasteiger partial charge < -0.3 is 9.47 Å². The molecule has 0 aliphatic rings. The predicted molar refractivity (Wildman–Crippen MR) is 190 cm³/mol. The Morgan fingerprint density at radius 1 is 0.714 bits per heavy atom. The second kappa shape index (κ2) is 18.4. The third-order valence-corrected chi connectivity index (χ3v) is 8.83. The summed E-state index contributed by atoms with van der Waals surface area (Å²) in [7, 11) is -4.27. The van der Waals surface area contributed by atoms with Gasteiger partial charge in [-0.1, -0.05) is 63.5 Å². The number of hydrogen-bond acceptors (Lipinski definition) is 8. The number of ether oxygens (including phenoxy) is 2. The molecule has 0 atom stereocenters. The van der Waals surface area contributed by atoms with Gasteiger partial charge in [-0.25, -0.2) is 35.2 Å². The van der Waals surface area contributed by atoms with Crippen LogP contribution < -0.4 is 9.03 Å². The van der Waals surface area contributed by atoms with Gasteiger partial charge in [0.25, 0.3) is 0 Å². The van der Waals surface area contributed by atoms with Crippen LogP contribution in [0.3, 0.4) is 0 Å². The molecule has 0 unspecified atom stereocenters. The molecule has 15 heteroatoms. The molecule has 0 bridgehead atoms. The van der Waals surface area contributed by atoms with Crippen LogP contribution in [-0.2, 0) is 41.4 Å². The van der Waals surface area contributed by atoms with E-state index in [4.69, 9.17) is 0 Å². The molecule has 0 amide bonds. The Morgan fingerprint density at radius 2 is 1.14 bits per heavy atom. The number of hydrogen-bond donors (Lipinski definition) is 1. The lowest BCUT2D eigenvalue weighted by molar-refractivity contribution is 0.0591. The minimum absolute atomic E-state index is 0.0694. The van der Waals surface area contributed by atoms with E-state index in [9.17, 15) is 35.2 Å². The van der Waals surface area contributed by atoms with Crippen molar-refractivity contribution in [1.82, 2.24) is 0 Å². The van der Waals surface area contributed by atoms with E-state index in [1.807, 2.05) is 26.0 Å². The molecule has 49 heavy (non-hydrogen) atoms. The van der Waals surface area contributed by atoms with Crippen molar-refractivity contribution in [2.24, 2.45) is 0 Å². The fourth-order valence-corrected chi connectivity index (χ4v) is 5.82. The first kappa shape index (κ1) is 40.8. The van der Waals surface area contributed by atoms with Gasteiger partial charge >= 0.3 is 11.9 Å². The highest BCUT2D eigenvalue weighted by molar-refractivity contribution is 9.08. The third kappa shape index (κ3) is 13.6. The topological polar surface area (TPSA) is 136 Å². The fraction of sp³-hybridized carbons (Fsp3) is 0.235. The number of rotatable bonds is 9. The van der Waals surface area contributed by atoms with Crippen molar-refractivity contribution in [1.29, 1.82) is 0 Å². The van der Waals surface area contributed by atoms with Gasteiger partial charge in [0.15, 0.2) is 0 Å². The van der Waals surface area contributed by atoms with Crippen LogP contribution in [0, 0.1) is 25.5 Å². The van der Waals surface area contributed by atoms with E-state index in [-0.39, 0.29) is 23.2 Å². The summed E-state index contributed by atoms with van der Waals surface area (Å²) < 4.78 is 85.5. The summed E-state index contributed by atoms with van der Waals surface area (Å²) in [4.78, 5) is 22.4. The second-order valence-corrected chi connectivity index (χ2v) is 14.8. The van der Waals surface area contributed by atoms with Gasteiger partial charge in [0.1, 0.15) is 11.6 Å². The molecule has 0 radical (unpaired) electrons. The lowest BCUT2D eigenvalue weighted by atomic mass is 10.1. The standard InChI is InChI=1S/C17H18FNO4S.C9H8BrFO2.C8H11NO2S/c1-12-4-8-15(9-5-12)19(24(3,21)22)11-14-7-6-13(10-16(14)18)17(20)23-2;1-13-9(12)6-2-3-7(5-10)8(11)4-6;1-7-3-5-8(6-4-7)9-12(2,10)11/h4-10H,11H2,1-3H3;2-4H,5H2,1H3;3-6,9H,1-2H3. The van der Waals surface area contributed by atoms with Crippen LogP contribution >= 0.6 is 15.9 Å². The molecule has 264 valence electrons. The van der Waals surface area contributed by atoms with Crippen LogP contribution in [0.1, 0.15) is 43.0 Å². The number of anilines is 2. The van der Waals surface area contributed by atoms with Crippen molar-refractivity contribution in [2.45, 2.75) is 25.7 Å². The zero-order valence-corrected chi connectivity index (χ0v) is 30.9. The Bertz CT molecular complexity index is 1960. The van der Waals surface area contributed by atoms with Gasteiger partial charge in [0, 0.05) is 16.6 Å². The monoisotopic (exact) mass is 782 g/mol. The number of nitrogens with one attached hydrogen (secondary N) is 1. The molecule has 0 spiro atoms. The van der Waals surface area contributed by atoms with E-state index in [2.05, 4.69) is 30.1 Å². The normalized spacial score (nSPS) is 10.8. The van der Waals surface area contributed by atoms with Gasteiger partial charge in [-0.3, -0.25) is 9.03 Å². The van der Waals surface area contributed by atoms with Gasteiger partial charge in [-0.15, -0.1) is 0 Å². The quantitative estimate of drug-likeness (QED) is 0.145. The number of methoxy groups -OCH3 is 2. The smallest absolute Gasteiger partial charge is 0.337 e. The highest BCUT2D eigenvalue weighted by Crippen LogP contribution is 2.23. The zero-order chi connectivity index (χ0) is 36.9. The minimum Gasteiger partial charge on any atom is -0.465 e. The molecule has 4 rings (SSSR count). The Labute approximate surface area is 294 Å². The first-order valence-electron chi connectivity index (χ1n) is 14.3. The molecule has 10 nitrogen and oxygen atoms in total. The molecule has 0 aliphatic heterocycles. The number of carbonyl (C=O) groups excluding carboxylic acids is 2. The molecule has 0 fully saturated rings. The number of halogens is 3. The first-order valence-corrected chi connectivity index (χ1v) is 19.1. The number of sulfonamides is 2. The Morgan fingerprint density at radius 3 is 1.51 bits per heavy atom. The van der Waals surface area contributed by atoms with Crippen LogP contribution in [0.15, 0.2) is 84.9 Å². The van der Waals surface area contributed by atoms with E-state index in [0.29, 0.717) is 22.3 Å². The lowest BCUT2D eigenvalue weighted by Crippen LogP contribution is -2.29. The zero-order valence-electron chi connectivity index (χ0n) is 27.7. The van der Waals surface area contributed by atoms with Crippen molar-refractivity contribution < 1.29 is 44.7 Å². The molecular weight excluding hydrogens is 746 g/mol. The van der Waals surface area contributed by atoms with E-state index < -0.39 is 43.6 Å². The minimum atomic E-state index is -3.60. The van der Waals surface area contributed by atoms with Crippen molar-refractivity contribution in [3.63, 3.8) is 0 Å². The summed E-state index contributed by atoms with van der Waals surface area (Å²) >= 11 is 3.13. The average Bonchev–Trinajstić information content (AvgIpc) is 3.04. The van der Waals surface area contributed by atoms with Crippen LogP contribution in [0.5, 0.6) is 0 Å². The SMILES string of the molecule is COC(=O)c1ccc(CBr)c(F)c1.COC(=O)c1ccc(CN(c2ccc(C)cc2)S(C)(=O)=O)c(F)c1.Cc1ccc(NS(C)(=O)=O)cc1. The van der Waals surface area contributed by atoms with Gasteiger partial charge in [0.2, 0.25) is 20.0 Å². The molecule has 0 saturated carbocycles. The van der Waals surface area contributed by atoms with Crippen molar-refractivity contribution >= 4 is 59.3 Å². The molecule has 1 N–H and O–H groups in total. The largest absolute Gasteiger partial charge is 0.465 e. The Kier molecular flexibility index (Phi) is 15.4. The number of alkyl halides is 1. The summed E-state index contributed by atoms with van der Waals surface area (Å²) in [6, 6.07) is 22.1. The maximum Gasteiger partial charge on any atom is 0.337 e. The molecular formula is C34H37BrF2N2O8S2. The first-order chi connectivity index (χ1) is 22.9. The van der Waals surface area contributed by atoms with E-state index >= 15 is 0 Å². The van der Waals surface area contributed by atoms with Crippen molar-refractivity contribution in [2.75, 3.05) is 35.8 Å². The summed E-state index contributed by atoms with van der Waals surface area (Å²) in [6.07, 6.45) is 2.19. The number of nitrogens with zero attached hydrogens (tertiary/aromatic N) is 1. The summed E-state index contributed by atoms with van der Waals surface area (Å²) in [5.41, 5.74) is 4.11. The van der Waals surface area contributed by atoms with Crippen LogP contribution in [0.2, 0.25) is 0 Å². The van der Waals surface area contributed by atoms with E-state index in [0.717, 1.165) is 34.0 Å². The van der Waals surface area contributed by atoms with Gasteiger partial charge in [-0.2, -0.15) is 0 Å². The van der Waals surface area contributed by atoms with Gasteiger partial charge in [-0.05, 0) is 67.9 Å². The van der Waals surface area contributed by atoms with Crippen LogP contribution in [0.25, 0.3) is 0 Å². The summed E-state index contributed by atoms with van der Waals surface area (Å²) in [6.45, 7) is 3.67. The van der Waals surface area contributed by atoms with E-state index in [1.54, 1.807) is 42.5 Å². The van der Waals surface area contributed by atoms with Crippen LogP contribution in [-0.4, -0.2) is 55.5 Å². The average molecular weight is 784 g/mol. The number of carbonyl (C=O) groups is 2. The Balaban J connectivity index is 0.000000281. The molecule has 0 aromatic heterocycles. The fourth-order valence-electron chi connectivity index (χ4n) is 3.92. The lowest BCUT2D eigenvalue weighted by Gasteiger charge is -2.23. The van der Waals surface area contributed by atoms with Crippen molar-refractivity contribution in [3.8, 4) is 0 Å². The number of benzene rings is 4. The molecule has 0 aliphatic carbocycles. The van der Waals surface area contributed by atoms with E-state index in [1.165, 1.54) is 38.5 Å². The molecule has 0 heterocycles. The van der Waals surface area contributed by atoms with Gasteiger partial charge in [0.05, 0.1) is 50.1 Å². The molecule has 0 saturated heterocycles. The second-order valence-electron chi connectivity index (χ2n) is 10.6. The number of aryl methyl sites for hydroxylation is 2. The van der Waals surface area contributed by atoms with Crippen molar-refractivity contribution in [3.05, 3.63) is 130 Å². The number of esters is 2. The maximum absolute atomic E-state index is 14.2. The highest BCUT2D eigenvalue weighted by Gasteiger charge is 2.20. The molecule has 4 aromatic carbocycles. The van der Waals surface area contributed by atoms with Crippen LogP contribution in [0.4, 0.5) is 20.2 Å².